The summed E-state index contributed by atoms with van der Waals surface area (Å²) in [5.74, 6) is 0.863. The highest BCUT2D eigenvalue weighted by molar-refractivity contribution is 5.92. The fourth-order valence-corrected chi connectivity index (χ4v) is 2.90. The third kappa shape index (κ3) is 3.97. The second kappa shape index (κ2) is 6.82. The predicted molar refractivity (Wildman–Crippen MR) is 93.4 cm³/mol. The second-order valence-corrected chi connectivity index (χ2v) is 7.56. The van der Waals surface area contributed by atoms with Crippen molar-refractivity contribution in [1.82, 2.24) is 24.9 Å². The van der Waals surface area contributed by atoms with Gasteiger partial charge in [-0.2, -0.15) is 10.2 Å². The number of carbonyl (C=O) groups excluding carboxylic acids is 1. The van der Waals surface area contributed by atoms with Crippen LogP contribution in [0.1, 0.15) is 43.4 Å². The summed E-state index contributed by atoms with van der Waals surface area (Å²) in [5, 5.41) is 12.4. The number of rotatable bonds is 4. The molecule has 2 aromatic rings. The average Bonchev–Trinajstić information content (AvgIpc) is 3.21. The van der Waals surface area contributed by atoms with E-state index in [1.807, 2.05) is 17.0 Å². The van der Waals surface area contributed by atoms with Gasteiger partial charge in [-0.1, -0.05) is 20.8 Å². The van der Waals surface area contributed by atoms with Crippen molar-refractivity contribution in [3.8, 4) is 5.88 Å². The number of carbonyl (C=O) groups is 1. The van der Waals surface area contributed by atoms with Crippen molar-refractivity contribution in [3.05, 3.63) is 35.8 Å². The highest BCUT2D eigenvalue weighted by atomic mass is 16.5. The topological polar surface area (TPSA) is 73.1 Å². The standard InChI is InChI=1S/C18H25N5O2/c1-18(2,3)15-5-6-16(21-20-15)25-12-13-8-10-23(11-13)17(24)14-7-9-19-22(14)4/h5-7,9,13H,8,10-12H2,1-4H3. The van der Waals surface area contributed by atoms with Crippen LogP contribution < -0.4 is 4.74 Å². The molecule has 1 atom stereocenters. The zero-order valence-electron chi connectivity index (χ0n) is 15.3. The van der Waals surface area contributed by atoms with Crippen LogP contribution in [-0.2, 0) is 12.5 Å². The van der Waals surface area contributed by atoms with Gasteiger partial charge < -0.3 is 9.64 Å². The van der Waals surface area contributed by atoms with Gasteiger partial charge in [-0.15, -0.1) is 5.10 Å². The molecule has 1 aliphatic heterocycles. The molecule has 0 N–H and O–H groups in total. The summed E-state index contributed by atoms with van der Waals surface area (Å²) in [6, 6.07) is 5.56. The maximum atomic E-state index is 12.5. The molecular formula is C18H25N5O2. The Morgan fingerprint density at radius 1 is 1.28 bits per heavy atom. The lowest BCUT2D eigenvalue weighted by Gasteiger charge is -2.18. The Morgan fingerprint density at radius 3 is 2.68 bits per heavy atom. The number of ether oxygens (including phenoxy) is 1. The molecular weight excluding hydrogens is 318 g/mol. The maximum Gasteiger partial charge on any atom is 0.272 e. The Hall–Kier alpha value is -2.44. The van der Waals surface area contributed by atoms with Gasteiger partial charge >= 0.3 is 0 Å². The molecule has 0 aliphatic carbocycles. The van der Waals surface area contributed by atoms with Crippen LogP contribution >= 0.6 is 0 Å². The summed E-state index contributed by atoms with van der Waals surface area (Å²) >= 11 is 0. The van der Waals surface area contributed by atoms with E-state index in [0.29, 0.717) is 30.6 Å². The number of nitrogens with zero attached hydrogens (tertiary/aromatic N) is 5. The van der Waals surface area contributed by atoms with E-state index < -0.39 is 0 Å². The van der Waals surface area contributed by atoms with E-state index in [-0.39, 0.29) is 11.3 Å². The van der Waals surface area contributed by atoms with Crippen LogP contribution in [0.3, 0.4) is 0 Å². The highest BCUT2D eigenvalue weighted by Crippen LogP contribution is 2.22. The molecule has 0 saturated carbocycles. The first-order valence-corrected chi connectivity index (χ1v) is 8.59. The molecule has 25 heavy (non-hydrogen) atoms. The van der Waals surface area contributed by atoms with Crippen LogP contribution in [0.25, 0.3) is 0 Å². The lowest BCUT2D eigenvalue weighted by Crippen LogP contribution is -2.31. The Labute approximate surface area is 148 Å². The van der Waals surface area contributed by atoms with Crippen LogP contribution in [-0.4, -0.2) is 50.5 Å². The van der Waals surface area contributed by atoms with E-state index in [0.717, 1.165) is 18.7 Å². The molecule has 2 aromatic heterocycles. The van der Waals surface area contributed by atoms with E-state index >= 15 is 0 Å². The van der Waals surface area contributed by atoms with Crippen LogP contribution in [0.4, 0.5) is 0 Å². The monoisotopic (exact) mass is 343 g/mol. The number of aromatic nitrogens is 4. The maximum absolute atomic E-state index is 12.5. The minimum Gasteiger partial charge on any atom is -0.476 e. The molecule has 1 saturated heterocycles. The first-order chi connectivity index (χ1) is 11.8. The van der Waals surface area contributed by atoms with Gasteiger partial charge in [0.05, 0.1) is 12.3 Å². The molecule has 134 valence electrons. The van der Waals surface area contributed by atoms with E-state index in [1.54, 1.807) is 24.0 Å². The smallest absolute Gasteiger partial charge is 0.272 e. The molecule has 1 amide bonds. The SMILES string of the molecule is Cn1nccc1C(=O)N1CCC(COc2ccc(C(C)(C)C)nn2)C1. The zero-order chi connectivity index (χ0) is 18.0. The minimum absolute atomic E-state index is 0.0242. The fourth-order valence-electron chi connectivity index (χ4n) is 2.90. The predicted octanol–water partition coefficient (Wildman–Crippen LogP) is 2.05. The summed E-state index contributed by atoms with van der Waals surface area (Å²) in [7, 11) is 1.78. The molecule has 3 rings (SSSR count). The van der Waals surface area contributed by atoms with Crippen LogP contribution in [0.2, 0.25) is 0 Å². The quantitative estimate of drug-likeness (QED) is 0.849. The summed E-state index contributed by atoms with van der Waals surface area (Å²) in [6.07, 6.45) is 2.57. The molecule has 0 aromatic carbocycles. The first kappa shape index (κ1) is 17.4. The summed E-state index contributed by atoms with van der Waals surface area (Å²) in [6.45, 7) is 8.28. The van der Waals surface area contributed by atoms with E-state index in [2.05, 4.69) is 36.1 Å². The molecule has 3 heterocycles. The Kier molecular flexibility index (Phi) is 4.74. The van der Waals surface area contributed by atoms with Gasteiger partial charge in [0.25, 0.3) is 5.91 Å². The molecule has 1 unspecified atom stereocenters. The van der Waals surface area contributed by atoms with E-state index in [1.165, 1.54) is 0 Å². The van der Waals surface area contributed by atoms with Crippen LogP contribution in [0, 0.1) is 5.92 Å². The van der Waals surface area contributed by atoms with Crippen molar-refractivity contribution in [2.24, 2.45) is 13.0 Å². The van der Waals surface area contributed by atoms with Crippen molar-refractivity contribution in [1.29, 1.82) is 0 Å². The molecule has 0 bridgehead atoms. The number of aryl methyl sites for hydroxylation is 1. The molecule has 0 spiro atoms. The van der Waals surface area contributed by atoms with Gasteiger partial charge in [0, 0.05) is 43.7 Å². The minimum atomic E-state index is -0.0242. The van der Waals surface area contributed by atoms with Gasteiger partial charge in [-0.25, -0.2) is 0 Å². The van der Waals surface area contributed by atoms with Crippen LogP contribution in [0.15, 0.2) is 24.4 Å². The fraction of sp³-hybridized carbons (Fsp3) is 0.556. The zero-order valence-corrected chi connectivity index (χ0v) is 15.3. The van der Waals surface area contributed by atoms with Gasteiger partial charge in [0.1, 0.15) is 5.69 Å². The molecule has 7 heteroatoms. The molecule has 1 aliphatic rings. The van der Waals surface area contributed by atoms with Crippen molar-refractivity contribution in [2.75, 3.05) is 19.7 Å². The molecule has 0 radical (unpaired) electrons. The molecule has 1 fully saturated rings. The molecule has 7 nitrogen and oxygen atoms in total. The Bertz CT molecular complexity index is 733. The van der Waals surface area contributed by atoms with Crippen molar-refractivity contribution >= 4 is 5.91 Å². The first-order valence-electron chi connectivity index (χ1n) is 8.59. The summed E-state index contributed by atoms with van der Waals surface area (Å²) in [4.78, 5) is 14.3. The lowest BCUT2D eigenvalue weighted by molar-refractivity contribution is 0.0772. The van der Waals surface area contributed by atoms with Gasteiger partial charge in [-0.05, 0) is 18.6 Å². The normalized spacial score (nSPS) is 17.8. The number of hydrogen-bond acceptors (Lipinski definition) is 5. The van der Waals surface area contributed by atoms with Crippen molar-refractivity contribution in [2.45, 2.75) is 32.6 Å². The van der Waals surface area contributed by atoms with Gasteiger partial charge in [0.2, 0.25) is 5.88 Å². The third-order valence-electron chi connectivity index (χ3n) is 4.49. The van der Waals surface area contributed by atoms with Crippen LogP contribution in [0.5, 0.6) is 5.88 Å². The van der Waals surface area contributed by atoms with Gasteiger partial charge in [-0.3, -0.25) is 9.48 Å². The Balaban J connectivity index is 1.52. The number of amides is 1. The number of hydrogen-bond donors (Lipinski definition) is 0. The summed E-state index contributed by atoms with van der Waals surface area (Å²) < 4.78 is 7.38. The van der Waals surface area contributed by atoms with E-state index in [4.69, 9.17) is 4.74 Å². The Morgan fingerprint density at radius 2 is 2.08 bits per heavy atom. The van der Waals surface area contributed by atoms with Gasteiger partial charge in [0.15, 0.2) is 0 Å². The van der Waals surface area contributed by atoms with E-state index in [9.17, 15) is 4.79 Å². The van der Waals surface area contributed by atoms with Crippen molar-refractivity contribution < 1.29 is 9.53 Å². The number of likely N-dealkylation sites (tertiary alicyclic amines) is 1. The largest absolute Gasteiger partial charge is 0.476 e. The van der Waals surface area contributed by atoms with Crippen molar-refractivity contribution in [3.63, 3.8) is 0 Å². The highest BCUT2D eigenvalue weighted by Gasteiger charge is 2.28. The third-order valence-corrected chi connectivity index (χ3v) is 4.49. The second-order valence-electron chi connectivity index (χ2n) is 7.56. The summed E-state index contributed by atoms with van der Waals surface area (Å²) in [5.41, 5.74) is 1.53. The average molecular weight is 343 g/mol. The lowest BCUT2D eigenvalue weighted by atomic mass is 9.92.